The van der Waals surface area contributed by atoms with Crippen molar-refractivity contribution in [3.05, 3.63) is 59.3 Å². The van der Waals surface area contributed by atoms with Crippen LogP contribution in [-0.2, 0) is 0 Å². The maximum atomic E-state index is 11.5. The predicted octanol–water partition coefficient (Wildman–Crippen LogP) is 4.09. The van der Waals surface area contributed by atoms with Crippen molar-refractivity contribution >= 4 is 22.6 Å². The zero-order valence-corrected chi connectivity index (χ0v) is 15.4. The van der Waals surface area contributed by atoms with Crippen molar-refractivity contribution in [2.24, 2.45) is 0 Å². The summed E-state index contributed by atoms with van der Waals surface area (Å²) in [6.45, 7) is 5.65. The van der Waals surface area contributed by atoms with Crippen LogP contribution in [0.15, 0.2) is 42.6 Å². The molecule has 3 N–H and O–H groups in total. The van der Waals surface area contributed by atoms with E-state index in [4.69, 9.17) is 10.7 Å². The summed E-state index contributed by atoms with van der Waals surface area (Å²) in [6, 6.07) is 11.3. The third-order valence-corrected chi connectivity index (χ3v) is 4.79. The standard InChI is InChI=1S/C21H19N5O/c1-11-4-9-16-18(12(11)2)26-21(25-16)19-20(22)23-10-17(24-19)15-7-5-14(6-8-15)13(3)27/h4-10H,1-3H3,(H2,22,23)(H,25,26). The highest BCUT2D eigenvalue weighted by molar-refractivity contribution is 5.94. The average Bonchev–Trinajstić information content (AvgIpc) is 3.10. The minimum absolute atomic E-state index is 0.0265. The van der Waals surface area contributed by atoms with Gasteiger partial charge in [0.15, 0.2) is 17.4 Å². The fourth-order valence-corrected chi connectivity index (χ4v) is 3.01. The second-order valence-electron chi connectivity index (χ2n) is 6.61. The molecule has 4 rings (SSSR count). The van der Waals surface area contributed by atoms with E-state index in [1.165, 1.54) is 5.56 Å². The molecule has 0 saturated heterocycles. The van der Waals surface area contributed by atoms with Gasteiger partial charge in [-0.1, -0.05) is 30.3 Å². The van der Waals surface area contributed by atoms with E-state index in [1.807, 2.05) is 25.1 Å². The largest absolute Gasteiger partial charge is 0.382 e. The third-order valence-electron chi connectivity index (χ3n) is 4.79. The Kier molecular flexibility index (Phi) is 3.96. The number of nitrogens with zero attached hydrogens (tertiary/aromatic N) is 3. The number of rotatable bonds is 3. The maximum absolute atomic E-state index is 11.5. The number of hydrogen-bond donors (Lipinski definition) is 2. The predicted molar refractivity (Wildman–Crippen MR) is 106 cm³/mol. The van der Waals surface area contributed by atoms with Crippen molar-refractivity contribution in [3.8, 4) is 22.8 Å². The molecule has 134 valence electrons. The fourth-order valence-electron chi connectivity index (χ4n) is 3.01. The van der Waals surface area contributed by atoms with E-state index < -0.39 is 0 Å². The zero-order valence-electron chi connectivity index (χ0n) is 15.4. The van der Waals surface area contributed by atoms with Crippen LogP contribution in [0.4, 0.5) is 5.82 Å². The first-order chi connectivity index (χ1) is 12.9. The number of aryl methyl sites for hydroxylation is 2. The summed E-state index contributed by atoms with van der Waals surface area (Å²) in [5, 5.41) is 0. The van der Waals surface area contributed by atoms with Crippen molar-refractivity contribution in [1.29, 1.82) is 0 Å². The third kappa shape index (κ3) is 2.95. The quantitative estimate of drug-likeness (QED) is 0.538. The second kappa shape index (κ2) is 6.32. The number of nitrogens with one attached hydrogen (secondary N) is 1. The molecule has 6 heteroatoms. The Balaban J connectivity index is 1.81. The van der Waals surface area contributed by atoms with Crippen molar-refractivity contribution in [2.45, 2.75) is 20.8 Å². The number of aromatic amines is 1. The highest BCUT2D eigenvalue weighted by Gasteiger charge is 2.15. The maximum Gasteiger partial charge on any atom is 0.161 e. The second-order valence-corrected chi connectivity index (χ2v) is 6.61. The number of aromatic nitrogens is 4. The van der Waals surface area contributed by atoms with Gasteiger partial charge in [0, 0.05) is 11.1 Å². The lowest BCUT2D eigenvalue weighted by atomic mass is 10.1. The topological polar surface area (TPSA) is 97.5 Å². The summed E-state index contributed by atoms with van der Waals surface area (Å²) in [5.41, 5.74) is 12.9. The molecule has 6 nitrogen and oxygen atoms in total. The van der Waals surface area contributed by atoms with Crippen LogP contribution in [0.3, 0.4) is 0 Å². The van der Waals surface area contributed by atoms with Crippen LogP contribution in [-0.4, -0.2) is 25.7 Å². The average molecular weight is 357 g/mol. The molecule has 0 aliphatic rings. The smallest absolute Gasteiger partial charge is 0.161 e. The van der Waals surface area contributed by atoms with E-state index >= 15 is 0 Å². The zero-order chi connectivity index (χ0) is 19.1. The van der Waals surface area contributed by atoms with Crippen LogP contribution >= 0.6 is 0 Å². The molecule has 0 aliphatic heterocycles. The Labute approximate surface area is 156 Å². The summed E-state index contributed by atoms with van der Waals surface area (Å²) in [6.07, 6.45) is 1.62. The molecule has 4 aromatic rings. The summed E-state index contributed by atoms with van der Waals surface area (Å²) in [4.78, 5) is 28.4. The lowest BCUT2D eigenvalue weighted by Crippen LogP contribution is -2.00. The van der Waals surface area contributed by atoms with Crippen LogP contribution < -0.4 is 5.73 Å². The van der Waals surface area contributed by atoms with Gasteiger partial charge in [-0.25, -0.2) is 15.0 Å². The van der Waals surface area contributed by atoms with Gasteiger partial charge in [0.1, 0.15) is 5.69 Å². The van der Waals surface area contributed by atoms with Crippen LogP contribution in [0.1, 0.15) is 28.4 Å². The lowest BCUT2D eigenvalue weighted by Gasteiger charge is -2.06. The Morgan fingerprint density at radius 2 is 1.78 bits per heavy atom. The fraction of sp³-hybridized carbons (Fsp3) is 0.143. The van der Waals surface area contributed by atoms with Gasteiger partial charge in [-0.05, 0) is 38.0 Å². The minimum atomic E-state index is 0.0265. The number of imidazole rings is 1. The molecule has 0 unspecified atom stereocenters. The van der Waals surface area contributed by atoms with Gasteiger partial charge < -0.3 is 10.7 Å². The van der Waals surface area contributed by atoms with Gasteiger partial charge in [0.25, 0.3) is 0 Å². The number of carbonyl (C=O) groups excluding carboxylic acids is 1. The lowest BCUT2D eigenvalue weighted by molar-refractivity contribution is 0.101. The molecule has 2 heterocycles. The Morgan fingerprint density at radius 3 is 2.48 bits per heavy atom. The van der Waals surface area contributed by atoms with E-state index in [1.54, 1.807) is 25.3 Å². The van der Waals surface area contributed by atoms with E-state index in [9.17, 15) is 4.79 Å². The first-order valence-corrected chi connectivity index (χ1v) is 8.64. The molecule has 2 aromatic heterocycles. The molecule has 0 bridgehead atoms. The van der Waals surface area contributed by atoms with Crippen molar-refractivity contribution in [1.82, 2.24) is 19.9 Å². The Hall–Kier alpha value is -3.54. The van der Waals surface area contributed by atoms with Gasteiger partial charge in [-0.15, -0.1) is 0 Å². The number of ketones is 1. The van der Waals surface area contributed by atoms with Crippen molar-refractivity contribution < 1.29 is 4.79 Å². The number of carbonyl (C=O) groups is 1. The van der Waals surface area contributed by atoms with Crippen LogP contribution in [0, 0.1) is 13.8 Å². The molecule has 0 amide bonds. The molecular weight excluding hydrogens is 338 g/mol. The minimum Gasteiger partial charge on any atom is -0.382 e. The first kappa shape index (κ1) is 16.9. The SMILES string of the molecule is CC(=O)c1ccc(-c2cnc(N)c(-c3nc4c(C)c(C)ccc4[nH]3)n2)cc1. The number of hydrogen-bond acceptors (Lipinski definition) is 5. The van der Waals surface area contributed by atoms with Crippen molar-refractivity contribution in [3.63, 3.8) is 0 Å². The summed E-state index contributed by atoms with van der Waals surface area (Å²) in [5.74, 6) is 0.928. The van der Waals surface area contributed by atoms with Crippen LogP contribution in [0.25, 0.3) is 33.8 Å². The monoisotopic (exact) mass is 357 g/mol. The van der Waals surface area contributed by atoms with E-state index in [0.29, 0.717) is 28.6 Å². The van der Waals surface area contributed by atoms with E-state index in [0.717, 1.165) is 22.2 Å². The van der Waals surface area contributed by atoms with Gasteiger partial charge in [-0.3, -0.25) is 4.79 Å². The molecule has 27 heavy (non-hydrogen) atoms. The van der Waals surface area contributed by atoms with Gasteiger partial charge in [0.2, 0.25) is 0 Å². The van der Waals surface area contributed by atoms with Crippen LogP contribution in [0.5, 0.6) is 0 Å². The molecular formula is C21H19N5O. The summed E-state index contributed by atoms with van der Waals surface area (Å²) in [7, 11) is 0. The van der Waals surface area contributed by atoms with Gasteiger partial charge >= 0.3 is 0 Å². The highest BCUT2D eigenvalue weighted by Crippen LogP contribution is 2.28. The van der Waals surface area contributed by atoms with E-state index in [-0.39, 0.29) is 5.78 Å². The molecule has 0 radical (unpaired) electrons. The summed E-state index contributed by atoms with van der Waals surface area (Å²) >= 11 is 0. The van der Waals surface area contributed by atoms with Gasteiger partial charge in [0.05, 0.1) is 22.9 Å². The molecule has 2 aromatic carbocycles. The Bertz CT molecular complexity index is 1180. The number of anilines is 1. The first-order valence-electron chi connectivity index (χ1n) is 8.64. The van der Waals surface area contributed by atoms with Crippen LogP contribution in [0.2, 0.25) is 0 Å². The Morgan fingerprint density at radius 1 is 1.04 bits per heavy atom. The highest BCUT2D eigenvalue weighted by atomic mass is 16.1. The molecule has 0 saturated carbocycles. The number of nitrogens with two attached hydrogens (primary N) is 1. The molecule has 0 aliphatic carbocycles. The normalized spacial score (nSPS) is 11.1. The number of Topliss-reactive ketones (excluding diaryl/α,β-unsaturated/α-hetero) is 1. The molecule has 0 atom stereocenters. The molecule has 0 fully saturated rings. The molecule has 0 spiro atoms. The number of benzene rings is 2. The van der Waals surface area contributed by atoms with E-state index in [2.05, 4.69) is 27.9 Å². The number of H-pyrrole nitrogens is 1. The number of fused-ring (bicyclic) bond motifs is 1. The summed E-state index contributed by atoms with van der Waals surface area (Å²) < 4.78 is 0. The van der Waals surface area contributed by atoms with Crippen molar-refractivity contribution in [2.75, 3.05) is 5.73 Å². The van der Waals surface area contributed by atoms with Gasteiger partial charge in [-0.2, -0.15) is 0 Å². The number of nitrogen functional groups attached to an aromatic ring is 1.